The highest BCUT2D eigenvalue weighted by Crippen LogP contribution is 2.22. The summed E-state index contributed by atoms with van der Waals surface area (Å²) in [6.45, 7) is 6.04. The third-order valence-corrected chi connectivity index (χ3v) is 3.89. The number of nitrogens with one attached hydrogen (secondary N) is 1. The van der Waals surface area contributed by atoms with E-state index in [4.69, 9.17) is 5.73 Å². The van der Waals surface area contributed by atoms with E-state index in [0.717, 1.165) is 16.8 Å². The molecule has 0 bridgehead atoms. The van der Waals surface area contributed by atoms with Gasteiger partial charge in [0.05, 0.1) is 0 Å². The number of nitrogens with two attached hydrogens (primary N) is 1. The minimum Gasteiger partial charge on any atom is -0.370 e. The zero-order valence-corrected chi connectivity index (χ0v) is 13.1. The van der Waals surface area contributed by atoms with Gasteiger partial charge in [-0.25, -0.2) is 0 Å². The summed E-state index contributed by atoms with van der Waals surface area (Å²) in [5.41, 5.74) is 9.31. The lowest BCUT2D eigenvalue weighted by Crippen LogP contribution is -2.15. The topological polar surface area (TPSA) is 72.2 Å². The molecule has 0 unspecified atom stereocenters. The van der Waals surface area contributed by atoms with Crippen LogP contribution in [0.25, 0.3) is 0 Å². The molecule has 5 heteroatoms. The van der Waals surface area contributed by atoms with Crippen molar-refractivity contribution in [2.75, 3.05) is 16.8 Å². The number of hydrogen-bond acceptors (Lipinski definition) is 3. The fourth-order valence-corrected chi connectivity index (χ4v) is 2.90. The maximum absolute atomic E-state index is 11.9. The second-order valence-corrected chi connectivity index (χ2v) is 6.13. The second-order valence-electron chi connectivity index (χ2n) is 4.90. The first-order chi connectivity index (χ1) is 9.40. The Morgan fingerprint density at radius 3 is 2.20 bits per heavy atom. The van der Waals surface area contributed by atoms with Gasteiger partial charge in [-0.2, -0.15) is 11.8 Å². The molecule has 0 aliphatic heterocycles. The number of amides is 2. The maximum atomic E-state index is 11.9. The van der Waals surface area contributed by atoms with Crippen molar-refractivity contribution in [3.8, 4) is 0 Å². The fourth-order valence-electron chi connectivity index (χ4n) is 2.02. The van der Waals surface area contributed by atoms with Crippen LogP contribution in [0.3, 0.4) is 0 Å². The van der Waals surface area contributed by atoms with Crippen molar-refractivity contribution in [1.29, 1.82) is 0 Å². The third kappa shape index (κ3) is 5.65. The van der Waals surface area contributed by atoms with E-state index in [1.807, 2.05) is 20.8 Å². The first kappa shape index (κ1) is 16.6. The second kappa shape index (κ2) is 7.94. The Labute approximate surface area is 124 Å². The summed E-state index contributed by atoms with van der Waals surface area (Å²) in [7, 11) is 0. The smallest absolute Gasteiger partial charge is 0.225 e. The quantitative estimate of drug-likeness (QED) is 0.759. The molecule has 3 N–H and O–H groups in total. The van der Waals surface area contributed by atoms with Gasteiger partial charge in [0.1, 0.15) is 0 Å². The van der Waals surface area contributed by atoms with Crippen LogP contribution in [0.2, 0.25) is 0 Å². The van der Waals surface area contributed by atoms with Gasteiger partial charge in [0, 0.05) is 30.0 Å². The van der Waals surface area contributed by atoms with E-state index >= 15 is 0 Å². The molecule has 1 rings (SSSR count). The molecule has 0 atom stereocenters. The normalized spacial score (nSPS) is 10.3. The van der Waals surface area contributed by atoms with Crippen LogP contribution in [0.15, 0.2) is 12.1 Å². The molecule has 0 aliphatic carbocycles. The average molecular weight is 294 g/mol. The van der Waals surface area contributed by atoms with Crippen LogP contribution in [0.5, 0.6) is 0 Å². The van der Waals surface area contributed by atoms with Gasteiger partial charge < -0.3 is 11.1 Å². The summed E-state index contributed by atoms with van der Waals surface area (Å²) in [6.07, 6.45) is 0.804. The van der Waals surface area contributed by atoms with E-state index in [0.29, 0.717) is 24.3 Å². The fraction of sp³-hybridized carbons (Fsp3) is 0.467. The number of carbonyl (C=O) groups is 2. The summed E-state index contributed by atoms with van der Waals surface area (Å²) in [4.78, 5) is 22.5. The van der Waals surface area contributed by atoms with Crippen LogP contribution < -0.4 is 11.1 Å². The average Bonchev–Trinajstić information content (AvgIpc) is 2.33. The van der Waals surface area contributed by atoms with E-state index < -0.39 is 0 Å². The van der Waals surface area contributed by atoms with Gasteiger partial charge in [-0.05, 0) is 31.9 Å². The lowest BCUT2D eigenvalue weighted by atomic mass is 10.1. The Morgan fingerprint density at radius 1 is 1.10 bits per heavy atom. The number of benzene rings is 1. The highest BCUT2D eigenvalue weighted by Gasteiger charge is 2.08. The van der Waals surface area contributed by atoms with E-state index in [1.165, 1.54) is 5.56 Å². The number of primary amides is 1. The number of hydrogen-bond donors (Lipinski definition) is 2. The molecule has 0 aliphatic rings. The van der Waals surface area contributed by atoms with Crippen molar-refractivity contribution in [3.63, 3.8) is 0 Å². The number of rotatable bonds is 7. The van der Waals surface area contributed by atoms with Crippen molar-refractivity contribution >= 4 is 29.3 Å². The summed E-state index contributed by atoms with van der Waals surface area (Å²) in [5.74, 6) is 1.08. The van der Waals surface area contributed by atoms with Crippen LogP contribution in [0.4, 0.5) is 5.69 Å². The van der Waals surface area contributed by atoms with Crippen molar-refractivity contribution < 1.29 is 9.59 Å². The minimum absolute atomic E-state index is 0.00614. The highest BCUT2D eigenvalue weighted by molar-refractivity contribution is 7.99. The van der Waals surface area contributed by atoms with Crippen LogP contribution in [0, 0.1) is 20.8 Å². The predicted octanol–water partition coefficient (Wildman–Crippen LogP) is 2.55. The molecule has 0 fully saturated rings. The number of anilines is 1. The Morgan fingerprint density at radius 2 is 1.65 bits per heavy atom. The molecule has 2 amide bonds. The lowest BCUT2D eigenvalue weighted by molar-refractivity contribution is -0.117. The van der Waals surface area contributed by atoms with Crippen LogP contribution in [-0.4, -0.2) is 23.3 Å². The van der Waals surface area contributed by atoms with Crippen molar-refractivity contribution in [3.05, 3.63) is 28.8 Å². The zero-order valence-electron chi connectivity index (χ0n) is 12.3. The van der Waals surface area contributed by atoms with E-state index in [9.17, 15) is 9.59 Å². The first-order valence-electron chi connectivity index (χ1n) is 6.64. The molecule has 0 saturated carbocycles. The number of aryl methyl sites for hydroxylation is 3. The molecular formula is C15H22N2O2S. The largest absolute Gasteiger partial charge is 0.370 e. The summed E-state index contributed by atoms with van der Waals surface area (Å²) >= 11 is 1.57. The van der Waals surface area contributed by atoms with E-state index in [1.54, 1.807) is 11.8 Å². The summed E-state index contributed by atoms with van der Waals surface area (Å²) < 4.78 is 0. The summed E-state index contributed by atoms with van der Waals surface area (Å²) in [5, 5.41) is 2.96. The van der Waals surface area contributed by atoms with Gasteiger partial charge in [-0.3, -0.25) is 9.59 Å². The molecule has 110 valence electrons. The molecule has 0 spiro atoms. The maximum Gasteiger partial charge on any atom is 0.225 e. The Hall–Kier alpha value is -1.49. The molecule has 1 aromatic carbocycles. The molecule has 1 aromatic rings. The van der Waals surface area contributed by atoms with Crippen molar-refractivity contribution in [2.24, 2.45) is 5.73 Å². The minimum atomic E-state index is -0.298. The molecule has 0 aromatic heterocycles. The molecule has 0 heterocycles. The number of carbonyl (C=O) groups excluding carboxylic acids is 2. The van der Waals surface area contributed by atoms with Gasteiger partial charge in [-0.15, -0.1) is 0 Å². The molecule has 4 nitrogen and oxygen atoms in total. The van der Waals surface area contributed by atoms with Gasteiger partial charge in [0.25, 0.3) is 0 Å². The van der Waals surface area contributed by atoms with Gasteiger partial charge in [-0.1, -0.05) is 17.7 Å². The first-order valence-corrected chi connectivity index (χ1v) is 7.79. The molecular weight excluding hydrogens is 272 g/mol. The highest BCUT2D eigenvalue weighted by atomic mass is 32.2. The Balaban J connectivity index is 2.41. The number of thioether (sulfide) groups is 1. The SMILES string of the molecule is Cc1cc(C)c(NC(=O)CCSCCC(N)=O)c(C)c1. The molecule has 0 radical (unpaired) electrons. The van der Waals surface area contributed by atoms with Crippen LogP contribution >= 0.6 is 11.8 Å². The molecule has 0 saturated heterocycles. The zero-order chi connectivity index (χ0) is 15.1. The Kier molecular flexibility index (Phi) is 6.58. The Bertz CT molecular complexity index is 478. The van der Waals surface area contributed by atoms with Crippen LogP contribution in [-0.2, 0) is 9.59 Å². The van der Waals surface area contributed by atoms with E-state index in [2.05, 4.69) is 17.4 Å². The van der Waals surface area contributed by atoms with Crippen molar-refractivity contribution in [1.82, 2.24) is 0 Å². The predicted molar refractivity (Wildman–Crippen MR) is 85.0 cm³/mol. The monoisotopic (exact) mass is 294 g/mol. The third-order valence-electron chi connectivity index (χ3n) is 2.91. The van der Waals surface area contributed by atoms with E-state index in [-0.39, 0.29) is 11.8 Å². The lowest BCUT2D eigenvalue weighted by Gasteiger charge is -2.12. The van der Waals surface area contributed by atoms with Gasteiger partial charge in [0.2, 0.25) is 11.8 Å². The summed E-state index contributed by atoms with van der Waals surface area (Å²) in [6, 6.07) is 4.12. The van der Waals surface area contributed by atoms with Gasteiger partial charge in [0.15, 0.2) is 0 Å². The van der Waals surface area contributed by atoms with Crippen molar-refractivity contribution in [2.45, 2.75) is 33.6 Å². The van der Waals surface area contributed by atoms with Gasteiger partial charge >= 0.3 is 0 Å². The molecule has 20 heavy (non-hydrogen) atoms. The van der Waals surface area contributed by atoms with Crippen LogP contribution in [0.1, 0.15) is 29.5 Å². The standard InChI is InChI=1S/C15H22N2O2S/c1-10-8-11(2)15(12(3)9-10)17-14(19)5-7-20-6-4-13(16)18/h8-9H,4-7H2,1-3H3,(H2,16,18)(H,17,19).